The van der Waals surface area contributed by atoms with Crippen molar-refractivity contribution < 1.29 is 0 Å². The van der Waals surface area contributed by atoms with Crippen molar-refractivity contribution in [1.29, 1.82) is 0 Å². The van der Waals surface area contributed by atoms with Crippen LogP contribution < -0.4 is 5.32 Å². The molecule has 1 aromatic rings. The second-order valence-electron chi connectivity index (χ2n) is 5.86. The van der Waals surface area contributed by atoms with E-state index >= 15 is 0 Å². The lowest BCUT2D eigenvalue weighted by Gasteiger charge is -2.19. The van der Waals surface area contributed by atoms with Gasteiger partial charge in [0, 0.05) is 24.3 Å². The molecule has 1 fully saturated rings. The zero-order valence-corrected chi connectivity index (χ0v) is 12.6. The average molecular weight is 263 g/mol. The third-order valence-corrected chi connectivity index (χ3v) is 4.36. The summed E-state index contributed by atoms with van der Waals surface area (Å²) in [6.07, 6.45) is 13.9. The number of aryl methyl sites for hydroxylation is 1. The molecule has 1 aliphatic carbocycles. The van der Waals surface area contributed by atoms with Gasteiger partial charge >= 0.3 is 0 Å². The van der Waals surface area contributed by atoms with E-state index in [0.717, 1.165) is 19.0 Å². The van der Waals surface area contributed by atoms with Gasteiger partial charge in [0.05, 0.1) is 6.20 Å². The predicted octanol–water partition coefficient (Wildman–Crippen LogP) is 3.91. The quantitative estimate of drug-likeness (QED) is 0.770. The van der Waals surface area contributed by atoms with Crippen LogP contribution in [-0.2, 0) is 6.54 Å². The van der Waals surface area contributed by atoms with Crippen LogP contribution in [0, 0.1) is 5.92 Å². The van der Waals surface area contributed by atoms with Crippen molar-refractivity contribution in [3.05, 3.63) is 18.0 Å². The average Bonchev–Trinajstić information content (AvgIpc) is 3.09. The van der Waals surface area contributed by atoms with Gasteiger partial charge < -0.3 is 5.32 Å². The van der Waals surface area contributed by atoms with E-state index in [9.17, 15) is 0 Å². The normalized spacial score (nSPS) is 18.0. The van der Waals surface area contributed by atoms with Gasteiger partial charge in [-0.1, -0.05) is 32.6 Å². The first kappa shape index (κ1) is 14.6. The topological polar surface area (TPSA) is 29.9 Å². The number of nitrogens with zero attached hydrogens (tertiary/aromatic N) is 2. The molecule has 0 saturated heterocycles. The second kappa shape index (κ2) is 7.68. The third-order valence-electron chi connectivity index (χ3n) is 4.36. The van der Waals surface area contributed by atoms with Crippen molar-refractivity contribution in [2.45, 2.75) is 71.4 Å². The van der Waals surface area contributed by atoms with Crippen molar-refractivity contribution in [1.82, 2.24) is 15.1 Å². The smallest absolute Gasteiger partial charge is 0.0537 e. The van der Waals surface area contributed by atoms with E-state index in [0.29, 0.717) is 6.04 Å². The van der Waals surface area contributed by atoms with E-state index in [2.05, 4.69) is 30.5 Å². The van der Waals surface area contributed by atoms with Gasteiger partial charge in [0.15, 0.2) is 0 Å². The van der Waals surface area contributed by atoms with Gasteiger partial charge in [0.25, 0.3) is 0 Å². The Hall–Kier alpha value is -0.830. The summed E-state index contributed by atoms with van der Waals surface area (Å²) in [7, 11) is 0. The van der Waals surface area contributed by atoms with Crippen LogP contribution in [0.4, 0.5) is 0 Å². The van der Waals surface area contributed by atoms with Crippen LogP contribution in [0.2, 0.25) is 0 Å². The fourth-order valence-electron chi connectivity index (χ4n) is 3.14. The van der Waals surface area contributed by atoms with E-state index in [1.54, 1.807) is 0 Å². The van der Waals surface area contributed by atoms with Crippen LogP contribution in [0.25, 0.3) is 0 Å². The Bertz CT molecular complexity index is 353. The molecule has 0 radical (unpaired) electrons. The predicted molar refractivity (Wildman–Crippen MR) is 80.1 cm³/mol. The molecule has 1 unspecified atom stereocenters. The summed E-state index contributed by atoms with van der Waals surface area (Å²) in [6.45, 7) is 6.44. The Balaban J connectivity index is 1.89. The van der Waals surface area contributed by atoms with Crippen LogP contribution in [0.1, 0.15) is 70.4 Å². The highest BCUT2D eigenvalue weighted by Gasteiger charge is 2.18. The summed E-state index contributed by atoms with van der Waals surface area (Å²) in [5, 5.41) is 8.11. The summed E-state index contributed by atoms with van der Waals surface area (Å²) in [6, 6.07) is 0.501. The maximum atomic E-state index is 4.42. The molecule has 1 saturated carbocycles. The lowest BCUT2D eigenvalue weighted by molar-refractivity contribution is 0.411. The molecular weight excluding hydrogens is 234 g/mol. The Kier molecular flexibility index (Phi) is 5.90. The van der Waals surface area contributed by atoms with E-state index in [1.165, 1.54) is 50.5 Å². The highest BCUT2D eigenvalue weighted by atomic mass is 15.3. The minimum atomic E-state index is 0.501. The molecule has 0 amide bonds. The number of hydrogen-bond donors (Lipinski definition) is 1. The fraction of sp³-hybridized carbons (Fsp3) is 0.812. The first-order chi connectivity index (χ1) is 9.33. The van der Waals surface area contributed by atoms with Crippen LogP contribution in [0.5, 0.6) is 0 Å². The number of nitrogens with one attached hydrogen (secondary N) is 1. The molecule has 108 valence electrons. The van der Waals surface area contributed by atoms with Gasteiger partial charge in [-0.2, -0.15) is 5.10 Å². The Morgan fingerprint density at radius 3 is 2.79 bits per heavy atom. The zero-order valence-electron chi connectivity index (χ0n) is 12.6. The number of rotatable bonds is 8. The van der Waals surface area contributed by atoms with Crippen molar-refractivity contribution in [2.24, 2.45) is 5.92 Å². The van der Waals surface area contributed by atoms with Crippen LogP contribution in [-0.4, -0.2) is 16.3 Å². The first-order valence-electron chi connectivity index (χ1n) is 8.09. The highest BCUT2D eigenvalue weighted by molar-refractivity contribution is 5.10. The molecule has 1 aliphatic rings. The molecule has 0 spiro atoms. The second-order valence-corrected chi connectivity index (χ2v) is 5.86. The lowest BCUT2D eigenvalue weighted by atomic mass is 9.96. The van der Waals surface area contributed by atoms with Crippen molar-refractivity contribution in [3.63, 3.8) is 0 Å². The maximum absolute atomic E-state index is 4.42. The van der Waals surface area contributed by atoms with Gasteiger partial charge in [-0.05, 0) is 38.6 Å². The number of aromatic nitrogens is 2. The van der Waals surface area contributed by atoms with Gasteiger partial charge in [0.1, 0.15) is 0 Å². The molecule has 3 nitrogen and oxygen atoms in total. The minimum absolute atomic E-state index is 0.501. The van der Waals surface area contributed by atoms with Crippen LogP contribution in [0.15, 0.2) is 12.4 Å². The van der Waals surface area contributed by atoms with Gasteiger partial charge in [-0.15, -0.1) is 0 Å². The summed E-state index contributed by atoms with van der Waals surface area (Å²) in [5.41, 5.74) is 1.37. The fourth-order valence-corrected chi connectivity index (χ4v) is 3.14. The van der Waals surface area contributed by atoms with Crippen molar-refractivity contribution in [3.8, 4) is 0 Å². The highest BCUT2D eigenvalue weighted by Crippen LogP contribution is 2.31. The molecule has 0 bridgehead atoms. The van der Waals surface area contributed by atoms with Gasteiger partial charge in [-0.3, -0.25) is 4.68 Å². The Morgan fingerprint density at radius 2 is 2.16 bits per heavy atom. The largest absolute Gasteiger partial charge is 0.310 e. The number of hydrogen-bond acceptors (Lipinski definition) is 2. The summed E-state index contributed by atoms with van der Waals surface area (Å²) >= 11 is 0. The van der Waals surface area contributed by atoms with Gasteiger partial charge in [-0.25, -0.2) is 0 Å². The maximum Gasteiger partial charge on any atom is 0.0537 e. The van der Waals surface area contributed by atoms with Gasteiger partial charge in [0.2, 0.25) is 0 Å². The van der Waals surface area contributed by atoms with E-state index < -0.39 is 0 Å². The summed E-state index contributed by atoms with van der Waals surface area (Å²) in [5.74, 6) is 0.979. The molecule has 0 aromatic carbocycles. The molecule has 3 heteroatoms. The Morgan fingerprint density at radius 1 is 1.37 bits per heavy atom. The minimum Gasteiger partial charge on any atom is -0.310 e. The van der Waals surface area contributed by atoms with Crippen LogP contribution >= 0.6 is 0 Å². The van der Waals surface area contributed by atoms with E-state index in [4.69, 9.17) is 0 Å². The van der Waals surface area contributed by atoms with Crippen LogP contribution in [0.3, 0.4) is 0 Å². The Labute approximate surface area is 117 Å². The molecular formula is C16H29N3. The molecule has 1 N–H and O–H groups in total. The first-order valence-corrected chi connectivity index (χ1v) is 8.09. The molecule has 1 heterocycles. The zero-order chi connectivity index (χ0) is 13.5. The molecule has 1 aromatic heterocycles. The van der Waals surface area contributed by atoms with E-state index in [1.807, 2.05) is 10.9 Å². The molecule has 0 aliphatic heterocycles. The molecule has 1 atom stereocenters. The SMILES string of the molecule is CCCNC(CCC1CCCC1)c1cnn(CC)c1. The van der Waals surface area contributed by atoms with Crippen molar-refractivity contribution in [2.75, 3.05) is 6.54 Å². The monoisotopic (exact) mass is 263 g/mol. The standard InChI is InChI=1S/C16H29N3/c1-3-11-17-16(10-9-14-7-5-6-8-14)15-12-18-19(4-2)13-15/h12-14,16-17H,3-11H2,1-2H3. The molecule has 2 rings (SSSR count). The van der Waals surface area contributed by atoms with E-state index in [-0.39, 0.29) is 0 Å². The summed E-state index contributed by atoms with van der Waals surface area (Å²) in [4.78, 5) is 0. The molecule has 19 heavy (non-hydrogen) atoms. The van der Waals surface area contributed by atoms with Crippen molar-refractivity contribution >= 4 is 0 Å². The summed E-state index contributed by atoms with van der Waals surface area (Å²) < 4.78 is 2.03. The third kappa shape index (κ3) is 4.34. The lowest BCUT2D eigenvalue weighted by Crippen LogP contribution is -2.22.